The molecule has 1 saturated heterocycles. The van der Waals surface area contributed by atoms with Crippen molar-refractivity contribution >= 4 is 28.5 Å². The van der Waals surface area contributed by atoms with Crippen molar-refractivity contribution in [3.8, 4) is 0 Å². The number of rotatable bonds is 5. The molecule has 1 atom stereocenters. The first-order valence-corrected chi connectivity index (χ1v) is 9.45. The largest absolute Gasteiger partial charge is 0.378 e. The molecule has 0 radical (unpaired) electrons. The van der Waals surface area contributed by atoms with Gasteiger partial charge in [0.05, 0.1) is 24.3 Å². The van der Waals surface area contributed by atoms with Crippen molar-refractivity contribution < 1.29 is 14.3 Å². The fourth-order valence-electron chi connectivity index (χ4n) is 3.27. The van der Waals surface area contributed by atoms with E-state index in [-0.39, 0.29) is 17.9 Å². The first-order valence-electron chi connectivity index (χ1n) is 9.45. The van der Waals surface area contributed by atoms with Gasteiger partial charge >= 0.3 is 0 Å². The van der Waals surface area contributed by atoms with Crippen molar-refractivity contribution in [2.45, 2.75) is 31.8 Å². The molecule has 1 unspecified atom stereocenters. The van der Waals surface area contributed by atoms with Gasteiger partial charge in [0, 0.05) is 24.5 Å². The number of amides is 2. The number of nitrogens with one attached hydrogen (secondary N) is 2. The average molecular weight is 368 g/mol. The molecule has 27 heavy (non-hydrogen) atoms. The van der Waals surface area contributed by atoms with Gasteiger partial charge in [0.1, 0.15) is 11.9 Å². The number of fused-ring (bicyclic) bond motifs is 1. The van der Waals surface area contributed by atoms with Crippen molar-refractivity contribution in [1.82, 2.24) is 15.2 Å². The molecule has 7 heteroatoms. The smallest absolute Gasteiger partial charge is 0.252 e. The summed E-state index contributed by atoms with van der Waals surface area (Å²) in [6.07, 6.45) is 2.07. The van der Waals surface area contributed by atoms with Crippen molar-refractivity contribution in [2.24, 2.45) is 0 Å². The summed E-state index contributed by atoms with van der Waals surface area (Å²) in [5, 5.41) is 7.02. The standard InChI is InChI=1S/C20H24N4O3/c1-13(20(26)24-8-10-27-11-9-24)21-18-12-16(19(25)22-14-6-7-14)15-4-2-3-5-17(15)23-18/h2-5,12-14H,6-11H2,1H3,(H,21,23)(H,22,25). The van der Waals surface area contributed by atoms with Gasteiger partial charge in [-0.3, -0.25) is 9.59 Å². The zero-order valence-corrected chi connectivity index (χ0v) is 15.4. The van der Waals surface area contributed by atoms with Crippen LogP contribution in [0.4, 0.5) is 5.82 Å². The minimum absolute atomic E-state index is 0.0113. The molecule has 4 rings (SSSR count). The molecule has 2 aliphatic rings. The summed E-state index contributed by atoms with van der Waals surface area (Å²) in [4.78, 5) is 31.7. The summed E-state index contributed by atoms with van der Waals surface area (Å²) in [7, 11) is 0. The second-order valence-corrected chi connectivity index (χ2v) is 7.12. The van der Waals surface area contributed by atoms with Crippen molar-refractivity contribution in [1.29, 1.82) is 0 Å². The highest BCUT2D eigenvalue weighted by molar-refractivity contribution is 6.07. The van der Waals surface area contributed by atoms with Crippen LogP contribution >= 0.6 is 0 Å². The Bertz CT molecular complexity index is 859. The topological polar surface area (TPSA) is 83.6 Å². The van der Waals surface area contributed by atoms with E-state index in [0.29, 0.717) is 37.7 Å². The maximum atomic E-state index is 12.7. The number of para-hydroxylation sites is 1. The summed E-state index contributed by atoms with van der Waals surface area (Å²) in [6, 6.07) is 9.15. The quantitative estimate of drug-likeness (QED) is 0.841. The number of ether oxygens (including phenoxy) is 1. The number of aromatic nitrogens is 1. The highest BCUT2D eigenvalue weighted by Crippen LogP contribution is 2.24. The highest BCUT2D eigenvalue weighted by atomic mass is 16.5. The third-order valence-corrected chi connectivity index (χ3v) is 4.93. The average Bonchev–Trinajstić information content (AvgIpc) is 3.51. The second kappa shape index (κ2) is 7.52. The Morgan fingerprint density at radius 3 is 2.70 bits per heavy atom. The number of nitrogens with zero attached hydrogens (tertiary/aromatic N) is 2. The Morgan fingerprint density at radius 2 is 1.96 bits per heavy atom. The predicted octanol–water partition coefficient (Wildman–Crippen LogP) is 1.79. The van der Waals surface area contributed by atoms with E-state index in [9.17, 15) is 9.59 Å². The molecule has 1 aromatic heterocycles. The van der Waals surface area contributed by atoms with Crippen LogP contribution in [-0.4, -0.2) is 60.1 Å². The molecule has 142 valence electrons. The van der Waals surface area contributed by atoms with E-state index < -0.39 is 6.04 Å². The normalized spacial score (nSPS) is 18.2. The highest BCUT2D eigenvalue weighted by Gasteiger charge is 2.26. The SMILES string of the molecule is CC(Nc1cc(C(=O)NC2CC2)c2ccccc2n1)C(=O)N1CCOCC1. The molecule has 0 spiro atoms. The number of morpholine rings is 1. The number of pyridine rings is 1. The molecular weight excluding hydrogens is 344 g/mol. The second-order valence-electron chi connectivity index (χ2n) is 7.12. The van der Waals surface area contributed by atoms with E-state index in [1.165, 1.54) is 0 Å². The third-order valence-electron chi connectivity index (χ3n) is 4.93. The Kier molecular flexibility index (Phi) is 4.94. The van der Waals surface area contributed by atoms with Crippen molar-refractivity contribution in [2.75, 3.05) is 31.6 Å². The fraction of sp³-hybridized carbons (Fsp3) is 0.450. The van der Waals surface area contributed by atoms with Crippen LogP contribution in [0.15, 0.2) is 30.3 Å². The van der Waals surface area contributed by atoms with Crippen LogP contribution in [0.2, 0.25) is 0 Å². The monoisotopic (exact) mass is 368 g/mol. The molecule has 0 bridgehead atoms. The van der Waals surface area contributed by atoms with Gasteiger partial charge in [-0.15, -0.1) is 0 Å². The Labute approximate surface area is 158 Å². The molecule has 1 aliphatic carbocycles. The molecule has 2 heterocycles. The Balaban J connectivity index is 1.57. The van der Waals surface area contributed by atoms with Crippen molar-refractivity contribution in [3.05, 3.63) is 35.9 Å². The zero-order chi connectivity index (χ0) is 18.8. The molecule has 2 fully saturated rings. The van der Waals surface area contributed by atoms with Gasteiger partial charge in [-0.2, -0.15) is 0 Å². The summed E-state index contributed by atoms with van der Waals surface area (Å²) in [6.45, 7) is 4.16. The fourth-order valence-corrected chi connectivity index (χ4v) is 3.27. The van der Waals surface area contributed by atoms with E-state index in [1.54, 1.807) is 11.0 Å². The van der Waals surface area contributed by atoms with Crippen LogP contribution in [0.3, 0.4) is 0 Å². The molecule has 1 saturated carbocycles. The van der Waals surface area contributed by atoms with Crippen molar-refractivity contribution in [3.63, 3.8) is 0 Å². The molecule has 7 nitrogen and oxygen atoms in total. The molecular formula is C20H24N4O3. The van der Waals surface area contributed by atoms with Crippen LogP contribution in [0.5, 0.6) is 0 Å². The molecule has 1 aliphatic heterocycles. The van der Waals surface area contributed by atoms with Crippen LogP contribution in [-0.2, 0) is 9.53 Å². The maximum Gasteiger partial charge on any atom is 0.252 e. The third kappa shape index (κ3) is 4.03. The summed E-state index contributed by atoms with van der Waals surface area (Å²) < 4.78 is 5.30. The van der Waals surface area contributed by atoms with Gasteiger partial charge in [0.25, 0.3) is 5.91 Å². The number of carbonyl (C=O) groups excluding carboxylic acids is 2. The summed E-state index contributed by atoms with van der Waals surface area (Å²) >= 11 is 0. The minimum Gasteiger partial charge on any atom is -0.378 e. The van der Waals surface area contributed by atoms with Gasteiger partial charge in [-0.25, -0.2) is 4.98 Å². The van der Waals surface area contributed by atoms with Gasteiger partial charge in [-0.1, -0.05) is 18.2 Å². The van der Waals surface area contributed by atoms with Gasteiger partial charge < -0.3 is 20.3 Å². The minimum atomic E-state index is -0.434. The van der Waals surface area contributed by atoms with Gasteiger partial charge in [-0.05, 0) is 31.9 Å². The van der Waals surface area contributed by atoms with Gasteiger partial charge in [0.15, 0.2) is 0 Å². The number of anilines is 1. The van der Waals surface area contributed by atoms with E-state index in [4.69, 9.17) is 4.74 Å². The molecule has 2 N–H and O–H groups in total. The van der Waals surface area contributed by atoms with Crippen LogP contribution in [0, 0.1) is 0 Å². The Morgan fingerprint density at radius 1 is 1.22 bits per heavy atom. The van der Waals surface area contributed by atoms with E-state index in [2.05, 4.69) is 15.6 Å². The van der Waals surface area contributed by atoms with Crippen LogP contribution < -0.4 is 10.6 Å². The number of benzene rings is 1. The lowest BCUT2D eigenvalue weighted by Crippen LogP contribution is -2.47. The number of hydrogen-bond acceptors (Lipinski definition) is 5. The predicted molar refractivity (Wildman–Crippen MR) is 103 cm³/mol. The number of carbonyl (C=O) groups is 2. The van der Waals surface area contributed by atoms with Crippen LogP contribution in [0.1, 0.15) is 30.1 Å². The van der Waals surface area contributed by atoms with E-state index >= 15 is 0 Å². The molecule has 2 aromatic rings. The number of hydrogen-bond donors (Lipinski definition) is 2. The first-order chi connectivity index (χ1) is 13.1. The Hall–Kier alpha value is -2.67. The van der Waals surface area contributed by atoms with Crippen LogP contribution in [0.25, 0.3) is 10.9 Å². The van der Waals surface area contributed by atoms with E-state index in [1.807, 2.05) is 31.2 Å². The maximum absolute atomic E-state index is 12.7. The lowest BCUT2D eigenvalue weighted by atomic mass is 10.1. The lowest BCUT2D eigenvalue weighted by Gasteiger charge is -2.29. The lowest BCUT2D eigenvalue weighted by molar-refractivity contribution is -0.135. The zero-order valence-electron chi connectivity index (χ0n) is 15.4. The summed E-state index contributed by atoms with van der Waals surface area (Å²) in [5.74, 6) is 0.451. The molecule has 2 amide bonds. The van der Waals surface area contributed by atoms with Gasteiger partial charge in [0.2, 0.25) is 5.91 Å². The van der Waals surface area contributed by atoms with E-state index in [0.717, 1.165) is 23.7 Å². The molecule has 1 aromatic carbocycles. The first kappa shape index (κ1) is 17.7. The summed E-state index contributed by atoms with van der Waals surface area (Å²) in [5.41, 5.74) is 1.32.